The van der Waals surface area contributed by atoms with Gasteiger partial charge in [-0.3, -0.25) is 4.79 Å². The summed E-state index contributed by atoms with van der Waals surface area (Å²) in [6.07, 6.45) is -0.531. The van der Waals surface area contributed by atoms with E-state index in [0.717, 1.165) is 0 Å². The molecule has 1 atom stereocenters. The molecule has 1 rings (SSSR count). The van der Waals surface area contributed by atoms with Crippen LogP contribution in [0.4, 0.5) is 0 Å². The van der Waals surface area contributed by atoms with Gasteiger partial charge in [-0.05, 0) is 26.0 Å². The average molecular weight is 223 g/mol. The number of nitrogens with one attached hydrogen (secondary N) is 1. The molecule has 0 saturated carbocycles. The number of carbonyl (C=O) groups is 1. The Bertz CT molecular complexity index is 352. The van der Waals surface area contributed by atoms with Gasteiger partial charge in [0.1, 0.15) is 0 Å². The maximum absolute atomic E-state index is 11.5. The molecule has 0 aliphatic heterocycles. The number of para-hydroxylation sites is 2. The lowest BCUT2D eigenvalue weighted by atomic mass is 10.3. The molecular formula is C12H17NO3. The molecule has 0 heterocycles. The van der Waals surface area contributed by atoms with Crippen LogP contribution in [-0.4, -0.2) is 25.7 Å². The predicted molar refractivity (Wildman–Crippen MR) is 61.8 cm³/mol. The van der Waals surface area contributed by atoms with Gasteiger partial charge in [0.25, 0.3) is 5.91 Å². The van der Waals surface area contributed by atoms with Crippen LogP contribution in [0.15, 0.2) is 24.3 Å². The standard InChI is InChI=1S/C12H17NO3/c1-4-13-12(14)9(2)16-11-8-6-5-7-10(11)15-3/h5-9H,4H2,1-3H3,(H,13,14)/t9-/m0/s1. The molecule has 1 aromatic rings. The summed E-state index contributed by atoms with van der Waals surface area (Å²) in [4.78, 5) is 11.5. The van der Waals surface area contributed by atoms with E-state index in [1.165, 1.54) is 0 Å². The zero-order valence-corrected chi connectivity index (χ0v) is 9.82. The van der Waals surface area contributed by atoms with Gasteiger partial charge in [-0.1, -0.05) is 12.1 Å². The lowest BCUT2D eigenvalue weighted by Crippen LogP contribution is -2.36. The van der Waals surface area contributed by atoms with Crippen molar-refractivity contribution in [2.24, 2.45) is 0 Å². The molecule has 0 fully saturated rings. The van der Waals surface area contributed by atoms with Crippen molar-refractivity contribution < 1.29 is 14.3 Å². The number of amides is 1. The van der Waals surface area contributed by atoms with Crippen LogP contribution in [0.3, 0.4) is 0 Å². The Morgan fingerprint density at radius 3 is 2.56 bits per heavy atom. The highest BCUT2D eigenvalue weighted by atomic mass is 16.5. The maximum Gasteiger partial charge on any atom is 0.260 e. The van der Waals surface area contributed by atoms with Gasteiger partial charge in [-0.15, -0.1) is 0 Å². The lowest BCUT2D eigenvalue weighted by Gasteiger charge is -2.15. The highest BCUT2D eigenvalue weighted by molar-refractivity contribution is 5.80. The first-order valence-electron chi connectivity index (χ1n) is 5.26. The predicted octanol–water partition coefficient (Wildman–Crippen LogP) is 1.60. The molecule has 1 amide bonds. The third-order valence-electron chi connectivity index (χ3n) is 2.09. The van der Waals surface area contributed by atoms with Crippen LogP contribution in [-0.2, 0) is 4.79 Å². The number of carbonyl (C=O) groups excluding carboxylic acids is 1. The summed E-state index contributed by atoms with van der Waals surface area (Å²) in [5.74, 6) is 1.07. The van der Waals surface area contributed by atoms with Crippen LogP contribution in [0.2, 0.25) is 0 Å². The summed E-state index contributed by atoms with van der Waals surface area (Å²) >= 11 is 0. The first-order chi connectivity index (χ1) is 7.69. The fourth-order valence-corrected chi connectivity index (χ4v) is 1.28. The van der Waals surface area contributed by atoms with Crippen LogP contribution in [0.25, 0.3) is 0 Å². The maximum atomic E-state index is 11.5. The number of ether oxygens (including phenoxy) is 2. The molecule has 0 aliphatic carbocycles. The fraction of sp³-hybridized carbons (Fsp3) is 0.417. The zero-order valence-electron chi connectivity index (χ0n) is 9.82. The second kappa shape index (κ2) is 6.00. The van der Waals surface area contributed by atoms with E-state index in [2.05, 4.69) is 5.32 Å². The Balaban J connectivity index is 2.68. The molecule has 0 aromatic heterocycles. The van der Waals surface area contributed by atoms with Crippen molar-refractivity contribution in [1.29, 1.82) is 0 Å². The van der Waals surface area contributed by atoms with Gasteiger partial charge in [-0.2, -0.15) is 0 Å². The minimum atomic E-state index is -0.531. The number of hydrogen-bond acceptors (Lipinski definition) is 3. The third kappa shape index (κ3) is 3.15. The molecule has 0 unspecified atom stereocenters. The normalized spacial score (nSPS) is 11.7. The minimum absolute atomic E-state index is 0.131. The topological polar surface area (TPSA) is 47.6 Å². The Morgan fingerprint density at radius 2 is 2.00 bits per heavy atom. The van der Waals surface area contributed by atoms with Crippen molar-refractivity contribution >= 4 is 5.91 Å². The van der Waals surface area contributed by atoms with E-state index >= 15 is 0 Å². The Hall–Kier alpha value is -1.71. The van der Waals surface area contributed by atoms with Crippen molar-refractivity contribution in [2.75, 3.05) is 13.7 Å². The molecule has 16 heavy (non-hydrogen) atoms. The van der Waals surface area contributed by atoms with Crippen LogP contribution in [0.1, 0.15) is 13.8 Å². The van der Waals surface area contributed by atoms with Gasteiger partial charge >= 0.3 is 0 Å². The smallest absolute Gasteiger partial charge is 0.260 e. The fourth-order valence-electron chi connectivity index (χ4n) is 1.28. The summed E-state index contributed by atoms with van der Waals surface area (Å²) in [6.45, 7) is 4.17. The second-order valence-corrected chi connectivity index (χ2v) is 3.31. The van der Waals surface area contributed by atoms with Crippen LogP contribution in [0, 0.1) is 0 Å². The molecule has 1 N–H and O–H groups in total. The third-order valence-corrected chi connectivity index (χ3v) is 2.09. The number of rotatable bonds is 5. The molecular weight excluding hydrogens is 206 g/mol. The number of hydrogen-bond donors (Lipinski definition) is 1. The van der Waals surface area contributed by atoms with E-state index in [4.69, 9.17) is 9.47 Å². The Kier molecular flexibility index (Phi) is 4.64. The van der Waals surface area contributed by atoms with Gasteiger partial charge in [0.2, 0.25) is 0 Å². The Morgan fingerprint density at radius 1 is 1.38 bits per heavy atom. The molecule has 4 nitrogen and oxygen atoms in total. The average Bonchev–Trinajstić information content (AvgIpc) is 2.30. The summed E-state index contributed by atoms with van der Waals surface area (Å²) < 4.78 is 10.6. The van der Waals surface area contributed by atoms with E-state index in [1.807, 2.05) is 19.1 Å². The minimum Gasteiger partial charge on any atom is -0.493 e. The van der Waals surface area contributed by atoms with Gasteiger partial charge in [0.05, 0.1) is 7.11 Å². The highest BCUT2D eigenvalue weighted by Gasteiger charge is 2.15. The van der Waals surface area contributed by atoms with Gasteiger partial charge in [0.15, 0.2) is 17.6 Å². The molecule has 0 radical (unpaired) electrons. The quantitative estimate of drug-likeness (QED) is 0.824. The van der Waals surface area contributed by atoms with Crippen LogP contribution < -0.4 is 14.8 Å². The number of methoxy groups -OCH3 is 1. The van der Waals surface area contributed by atoms with E-state index in [9.17, 15) is 4.79 Å². The van der Waals surface area contributed by atoms with E-state index < -0.39 is 6.10 Å². The van der Waals surface area contributed by atoms with E-state index in [1.54, 1.807) is 26.2 Å². The molecule has 0 saturated heterocycles. The van der Waals surface area contributed by atoms with Crippen molar-refractivity contribution in [3.05, 3.63) is 24.3 Å². The first kappa shape index (κ1) is 12.4. The summed E-state index contributed by atoms with van der Waals surface area (Å²) in [6, 6.07) is 7.25. The largest absolute Gasteiger partial charge is 0.493 e. The lowest BCUT2D eigenvalue weighted by molar-refractivity contribution is -0.127. The molecule has 88 valence electrons. The van der Waals surface area contributed by atoms with Gasteiger partial charge < -0.3 is 14.8 Å². The SMILES string of the molecule is CCNC(=O)[C@H](C)Oc1ccccc1OC. The van der Waals surface area contributed by atoms with Crippen molar-refractivity contribution in [2.45, 2.75) is 20.0 Å². The molecule has 0 bridgehead atoms. The summed E-state index contributed by atoms with van der Waals surface area (Å²) in [5.41, 5.74) is 0. The molecule has 1 aromatic carbocycles. The van der Waals surface area contributed by atoms with Gasteiger partial charge in [0, 0.05) is 6.54 Å². The van der Waals surface area contributed by atoms with Crippen molar-refractivity contribution in [3.8, 4) is 11.5 Å². The molecule has 0 aliphatic rings. The number of likely N-dealkylation sites (N-methyl/N-ethyl adjacent to an activating group) is 1. The van der Waals surface area contributed by atoms with Crippen molar-refractivity contribution in [3.63, 3.8) is 0 Å². The van der Waals surface area contributed by atoms with Gasteiger partial charge in [-0.25, -0.2) is 0 Å². The Labute approximate surface area is 95.6 Å². The zero-order chi connectivity index (χ0) is 12.0. The first-order valence-corrected chi connectivity index (χ1v) is 5.26. The molecule has 4 heteroatoms. The summed E-state index contributed by atoms with van der Waals surface area (Å²) in [7, 11) is 1.57. The van der Waals surface area contributed by atoms with Crippen LogP contribution in [0.5, 0.6) is 11.5 Å². The number of benzene rings is 1. The highest BCUT2D eigenvalue weighted by Crippen LogP contribution is 2.26. The van der Waals surface area contributed by atoms with E-state index in [-0.39, 0.29) is 5.91 Å². The van der Waals surface area contributed by atoms with Crippen LogP contribution >= 0.6 is 0 Å². The monoisotopic (exact) mass is 223 g/mol. The summed E-state index contributed by atoms with van der Waals surface area (Å²) in [5, 5.41) is 2.70. The van der Waals surface area contributed by atoms with Crippen molar-refractivity contribution in [1.82, 2.24) is 5.32 Å². The second-order valence-electron chi connectivity index (χ2n) is 3.31. The molecule has 0 spiro atoms. The van der Waals surface area contributed by atoms with E-state index in [0.29, 0.717) is 18.0 Å².